The molecular formula is C22H24F3NO3. The molecule has 29 heavy (non-hydrogen) atoms. The van der Waals surface area contributed by atoms with E-state index in [0.29, 0.717) is 23.7 Å². The number of halogens is 3. The van der Waals surface area contributed by atoms with Crippen LogP contribution in [0.5, 0.6) is 5.75 Å². The zero-order chi connectivity index (χ0) is 20.9. The SMILES string of the molecule is COC(=O)c1ccncc1CC[C@@H]1CCCc2cc(OCCC(F)(F)F)ccc21. The summed E-state index contributed by atoms with van der Waals surface area (Å²) in [6, 6.07) is 7.24. The van der Waals surface area contributed by atoms with Crippen molar-refractivity contribution in [2.24, 2.45) is 0 Å². The first-order chi connectivity index (χ1) is 13.9. The van der Waals surface area contributed by atoms with Gasteiger partial charge in [-0.25, -0.2) is 4.79 Å². The molecule has 0 amide bonds. The Morgan fingerprint density at radius 1 is 1.28 bits per heavy atom. The third kappa shape index (κ3) is 5.71. The molecule has 4 nitrogen and oxygen atoms in total. The molecule has 0 N–H and O–H groups in total. The van der Waals surface area contributed by atoms with E-state index < -0.39 is 12.6 Å². The number of carbonyl (C=O) groups is 1. The van der Waals surface area contributed by atoms with Crippen LogP contribution in [0.3, 0.4) is 0 Å². The van der Waals surface area contributed by atoms with Crippen molar-refractivity contribution in [3.05, 3.63) is 58.9 Å². The molecule has 0 spiro atoms. The molecule has 0 radical (unpaired) electrons. The maximum absolute atomic E-state index is 12.3. The highest BCUT2D eigenvalue weighted by molar-refractivity contribution is 5.90. The van der Waals surface area contributed by atoms with Crippen LogP contribution in [-0.4, -0.2) is 30.8 Å². The first kappa shape index (κ1) is 21.1. The Morgan fingerprint density at radius 3 is 2.86 bits per heavy atom. The van der Waals surface area contributed by atoms with Crippen molar-refractivity contribution in [2.75, 3.05) is 13.7 Å². The van der Waals surface area contributed by atoms with Crippen LogP contribution in [-0.2, 0) is 17.6 Å². The lowest BCUT2D eigenvalue weighted by atomic mass is 9.79. The highest BCUT2D eigenvalue weighted by atomic mass is 19.4. The number of hydrogen-bond donors (Lipinski definition) is 0. The minimum Gasteiger partial charge on any atom is -0.493 e. The van der Waals surface area contributed by atoms with Crippen molar-refractivity contribution in [2.45, 2.75) is 50.6 Å². The smallest absolute Gasteiger partial charge is 0.392 e. The molecule has 0 aliphatic heterocycles. The summed E-state index contributed by atoms with van der Waals surface area (Å²) in [7, 11) is 1.36. The lowest BCUT2D eigenvalue weighted by Crippen LogP contribution is -2.14. The van der Waals surface area contributed by atoms with Gasteiger partial charge in [-0.3, -0.25) is 4.98 Å². The van der Waals surface area contributed by atoms with Gasteiger partial charge in [-0.05, 0) is 72.9 Å². The highest BCUT2D eigenvalue weighted by Crippen LogP contribution is 2.37. The number of aromatic nitrogens is 1. The summed E-state index contributed by atoms with van der Waals surface area (Å²) < 4.78 is 47.0. The third-order valence-electron chi connectivity index (χ3n) is 5.28. The molecule has 0 unspecified atom stereocenters. The predicted octanol–water partition coefficient (Wildman–Crippen LogP) is 5.25. The molecule has 2 aromatic rings. The van der Waals surface area contributed by atoms with Crippen LogP contribution in [0, 0.1) is 0 Å². The maximum Gasteiger partial charge on any atom is 0.392 e. The fourth-order valence-corrected chi connectivity index (χ4v) is 3.83. The fraction of sp³-hybridized carbons (Fsp3) is 0.455. The number of pyridine rings is 1. The van der Waals surface area contributed by atoms with Gasteiger partial charge in [0.25, 0.3) is 0 Å². The summed E-state index contributed by atoms with van der Waals surface area (Å²) in [5.74, 6) is 0.439. The summed E-state index contributed by atoms with van der Waals surface area (Å²) in [6.07, 6.45) is 2.61. The summed E-state index contributed by atoms with van der Waals surface area (Å²) in [5, 5.41) is 0. The predicted molar refractivity (Wildman–Crippen MR) is 102 cm³/mol. The molecule has 1 aliphatic rings. The Kier molecular flexibility index (Phi) is 6.77. The quantitative estimate of drug-likeness (QED) is 0.588. The average molecular weight is 407 g/mol. The number of carbonyl (C=O) groups excluding carboxylic acids is 1. The number of aryl methyl sites for hydroxylation is 2. The molecular weight excluding hydrogens is 383 g/mol. The van der Waals surface area contributed by atoms with E-state index in [4.69, 9.17) is 9.47 Å². The van der Waals surface area contributed by atoms with Crippen LogP contribution < -0.4 is 4.74 Å². The molecule has 1 aromatic heterocycles. The fourth-order valence-electron chi connectivity index (χ4n) is 3.83. The lowest BCUT2D eigenvalue weighted by Gasteiger charge is -2.26. The molecule has 7 heteroatoms. The Labute approximate surface area is 168 Å². The van der Waals surface area contributed by atoms with Crippen LogP contribution in [0.4, 0.5) is 13.2 Å². The Balaban J connectivity index is 1.66. The highest BCUT2D eigenvalue weighted by Gasteiger charge is 2.27. The van der Waals surface area contributed by atoms with Gasteiger partial charge in [-0.1, -0.05) is 6.07 Å². The minimum atomic E-state index is -4.21. The summed E-state index contributed by atoms with van der Waals surface area (Å²) >= 11 is 0. The molecule has 3 rings (SSSR count). The zero-order valence-corrected chi connectivity index (χ0v) is 16.3. The minimum absolute atomic E-state index is 0.327. The van der Waals surface area contributed by atoms with E-state index in [1.165, 1.54) is 12.7 Å². The second kappa shape index (κ2) is 9.29. The number of nitrogens with zero attached hydrogens (tertiary/aromatic N) is 1. The molecule has 0 fully saturated rings. The second-order valence-corrected chi connectivity index (χ2v) is 7.23. The molecule has 156 valence electrons. The third-order valence-corrected chi connectivity index (χ3v) is 5.28. The number of rotatable bonds is 7. The van der Waals surface area contributed by atoms with E-state index in [0.717, 1.165) is 36.8 Å². The van der Waals surface area contributed by atoms with Crippen LogP contribution in [0.15, 0.2) is 36.7 Å². The van der Waals surface area contributed by atoms with Crippen LogP contribution in [0.1, 0.15) is 58.6 Å². The average Bonchev–Trinajstić information content (AvgIpc) is 2.70. The lowest BCUT2D eigenvalue weighted by molar-refractivity contribution is -0.139. The molecule has 1 heterocycles. The molecule has 1 aromatic carbocycles. The molecule has 0 bridgehead atoms. The number of benzene rings is 1. The van der Waals surface area contributed by atoms with Crippen LogP contribution in [0.2, 0.25) is 0 Å². The second-order valence-electron chi connectivity index (χ2n) is 7.23. The summed E-state index contributed by atoms with van der Waals surface area (Å²) in [5.41, 5.74) is 3.73. The van der Waals surface area contributed by atoms with Gasteiger partial charge in [0.1, 0.15) is 5.75 Å². The van der Waals surface area contributed by atoms with Gasteiger partial charge in [0, 0.05) is 12.4 Å². The Bertz CT molecular complexity index is 851. The first-order valence-corrected chi connectivity index (χ1v) is 9.71. The monoisotopic (exact) mass is 407 g/mol. The zero-order valence-electron chi connectivity index (χ0n) is 16.3. The summed E-state index contributed by atoms with van der Waals surface area (Å²) in [4.78, 5) is 16.1. The Morgan fingerprint density at radius 2 is 2.10 bits per heavy atom. The molecule has 1 aliphatic carbocycles. The van der Waals surface area contributed by atoms with Gasteiger partial charge in [0.15, 0.2) is 0 Å². The van der Waals surface area contributed by atoms with E-state index in [1.807, 2.05) is 12.1 Å². The number of fused-ring (bicyclic) bond motifs is 1. The Hall–Kier alpha value is -2.57. The van der Waals surface area contributed by atoms with Crippen molar-refractivity contribution in [3.63, 3.8) is 0 Å². The van der Waals surface area contributed by atoms with Crippen molar-refractivity contribution in [3.8, 4) is 5.75 Å². The van der Waals surface area contributed by atoms with Gasteiger partial charge in [0.2, 0.25) is 0 Å². The van der Waals surface area contributed by atoms with E-state index in [1.54, 1.807) is 24.5 Å². The number of ether oxygens (including phenoxy) is 2. The molecule has 0 saturated carbocycles. The van der Waals surface area contributed by atoms with E-state index >= 15 is 0 Å². The maximum atomic E-state index is 12.3. The molecule has 0 saturated heterocycles. The number of hydrogen-bond acceptors (Lipinski definition) is 4. The van der Waals surface area contributed by atoms with Gasteiger partial charge < -0.3 is 9.47 Å². The van der Waals surface area contributed by atoms with Crippen molar-refractivity contribution >= 4 is 5.97 Å². The number of methoxy groups -OCH3 is 1. The van der Waals surface area contributed by atoms with Crippen LogP contribution in [0.25, 0.3) is 0 Å². The largest absolute Gasteiger partial charge is 0.493 e. The van der Waals surface area contributed by atoms with Gasteiger partial charge in [-0.15, -0.1) is 0 Å². The topological polar surface area (TPSA) is 48.4 Å². The van der Waals surface area contributed by atoms with E-state index in [-0.39, 0.29) is 12.6 Å². The molecule has 1 atom stereocenters. The van der Waals surface area contributed by atoms with Crippen molar-refractivity contribution < 1.29 is 27.4 Å². The van der Waals surface area contributed by atoms with E-state index in [2.05, 4.69) is 4.98 Å². The standard InChI is InChI=1S/C22H24F3NO3/c1-28-21(27)20-9-11-26-14-17(20)6-5-15-3-2-4-16-13-18(7-8-19(15)16)29-12-10-22(23,24)25/h7-9,11,13-15H,2-6,10,12H2,1H3/t15-/m0/s1. The number of alkyl halides is 3. The summed E-state index contributed by atoms with van der Waals surface area (Å²) in [6.45, 7) is -0.372. The van der Waals surface area contributed by atoms with Crippen molar-refractivity contribution in [1.82, 2.24) is 4.98 Å². The first-order valence-electron chi connectivity index (χ1n) is 9.71. The van der Waals surface area contributed by atoms with E-state index in [9.17, 15) is 18.0 Å². The van der Waals surface area contributed by atoms with Gasteiger partial charge in [-0.2, -0.15) is 13.2 Å². The normalized spacial score (nSPS) is 16.2. The number of esters is 1. The van der Waals surface area contributed by atoms with Crippen LogP contribution >= 0.6 is 0 Å². The van der Waals surface area contributed by atoms with Gasteiger partial charge in [0.05, 0.1) is 25.7 Å². The van der Waals surface area contributed by atoms with Gasteiger partial charge >= 0.3 is 12.1 Å². The van der Waals surface area contributed by atoms with Crippen molar-refractivity contribution in [1.29, 1.82) is 0 Å².